The van der Waals surface area contributed by atoms with E-state index in [1.807, 2.05) is 13.8 Å². The lowest BCUT2D eigenvalue weighted by atomic mass is 9.97. The quantitative estimate of drug-likeness (QED) is 0.615. The van der Waals surface area contributed by atoms with Crippen LogP contribution in [-0.2, 0) is 16.2 Å². The Morgan fingerprint density at radius 2 is 2.00 bits per heavy atom. The Morgan fingerprint density at radius 3 is 2.68 bits per heavy atom. The van der Waals surface area contributed by atoms with Crippen LogP contribution in [0.25, 0.3) is 5.69 Å². The molecule has 2 aromatic rings. The first-order chi connectivity index (χ1) is 12.0. The zero-order valence-corrected chi connectivity index (χ0v) is 15.6. The Balaban J connectivity index is 1.72. The number of aryl methyl sites for hydroxylation is 2. The maximum absolute atomic E-state index is 11.6. The summed E-state index contributed by atoms with van der Waals surface area (Å²) < 4.78 is 8.84. The van der Waals surface area contributed by atoms with Gasteiger partial charge >= 0.3 is 5.97 Å². The molecule has 0 saturated carbocycles. The number of esters is 1. The van der Waals surface area contributed by atoms with Gasteiger partial charge in [-0.2, -0.15) is 4.68 Å². The first-order valence-electron chi connectivity index (χ1n) is 8.40. The van der Waals surface area contributed by atoms with E-state index in [9.17, 15) is 4.79 Å². The van der Waals surface area contributed by atoms with Crippen molar-refractivity contribution in [1.29, 1.82) is 0 Å². The van der Waals surface area contributed by atoms with Gasteiger partial charge in [0.05, 0.1) is 25.4 Å². The van der Waals surface area contributed by atoms with Gasteiger partial charge < -0.3 is 4.74 Å². The van der Waals surface area contributed by atoms with E-state index in [4.69, 9.17) is 17.0 Å². The van der Waals surface area contributed by atoms with Crippen LogP contribution in [0, 0.1) is 24.5 Å². The molecule has 0 spiro atoms. The van der Waals surface area contributed by atoms with Crippen LogP contribution in [0.3, 0.4) is 0 Å². The molecule has 0 atom stereocenters. The third-order valence-corrected chi connectivity index (χ3v) is 5.07. The van der Waals surface area contributed by atoms with Crippen molar-refractivity contribution in [1.82, 2.24) is 24.7 Å². The fourth-order valence-corrected chi connectivity index (χ4v) is 3.36. The van der Waals surface area contributed by atoms with Crippen LogP contribution >= 0.6 is 12.2 Å². The summed E-state index contributed by atoms with van der Waals surface area (Å²) in [5.74, 6) is -0.114. The number of hydrogen-bond donors (Lipinski definition) is 0. The van der Waals surface area contributed by atoms with Gasteiger partial charge in [0, 0.05) is 13.1 Å². The molecular weight excluding hydrogens is 338 g/mol. The molecule has 1 aliphatic heterocycles. The number of methoxy groups -OCH3 is 1. The smallest absolute Gasteiger partial charge is 0.308 e. The molecule has 0 amide bonds. The number of tetrazole rings is 1. The Kier molecular flexibility index (Phi) is 5.29. The zero-order valence-electron chi connectivity index (χ0n) is 14.8. The average molecular weight is 361 g/mol. The lowest BCUT2D eigenvalue weighted by Crippen LogP contribution is -2.38. The highest BCUT2D eigenvalue weighted by Gasteiger charge is 2.26. The zero-order chi connectivity index (χ0) is 18.0. The topological polar surface area (TPSA) is 65.2 Å². The van der Waals surface area contributed by atoms with Gasteiger partial charge in [-0.1, -0.05) is 12.1 Å². The summed E-state index contributed by atoms with van der Waals surface area (Å²) in [6.07, 6.45) is 1.59. The molecule has 0 aliphatic carbocycles. The molecule has 2 heterocycles. The molecule has 25 heavy (non-hydrogen) atoms. The fourth-order valence-electron chi connectivity index (χ4n) is 3.13. The minimum absolute atomic E-state index is 0.000141. The minimum atomic E-state index is -0.114. The lowest BCUT2D eigenvalue weighted by molar-refractivity contribution is -0.147. The molecule has 1 aromatic heterocycles. The van der Waals surface area contributed by atoms with Gasteiger partial charge in [-0.15, -0.1) is 0 Å². The number of likely N-dealkylation sites (tertiary alicyclic amines) is 1. The monoisotopic (exact) mass is 361 g/mol. The van der Waals surface area contributed by atoms with Crippen LogP contribution in [0.4, 0.5) is 0 Å². The van der Waals surface area contributed by atoms with Gasteiger partial charge in [0.1, 0.15) is 0 Å². The van der Waals surface area contributed by atoms with Gasteiger partial charge in [0.2, 0.25) is 4.77 Å². The normalized spacial score (nSPS) is 16.1. The molecule has 1 aromatic carbocycles. The summed E-state index contributed by atoms with van der Waals surface area (Å²) >= 11 is 5.56. The van der Waals surface area contributed by atoms with E-state index in [0.29, 0.717) is 11.4 Å². The van der Waals surface area contributed by atoms with E-state index in [1.54, 1.807) is 9.36 Å². The second kappa shape index (κ2) is 7.45. The number of aromatic nitrogens is 4. The van der Waals surface area contributed by atoms with Crippen LogP contribution < -0.4 is 0 Å². The summed E-state index contributed by atoms with van der Waals surface area (Å²) in [4.78, 5) is 13.9. The number of nitrogens with zero attached hydrogens (tertiary/aromatic N) is 5. The molecule has 3 rings (SSSR count). The molecular formula is C17H23N5O2S. The van der Waals surface area contributed by atoms with Crippen molar-refractivity contribution in [2.24, 2.45) is 5.92 Å². The third-order valence-electron chi connectivity index (χ3n) is 4.69. The average Bonchev–Trinajstić information content (AvgIpc) is 2.97. The van der Waals surface area contributed by atoms with E-state index < -0.39 is 0 Å². The van der Waals surface area contributed by atoms with Crippen molar-refractivity contribution in [2.45, 2.75) is 33.4 Å². The lowest BCUT2D eigenvalue weighted by Gasteiger charge is -2.29. The van der Waals surface area contributed by atoms with Gasteiger partial charge in [-0.25, -0.2) is 4.68 Å². The fraction of sp³-hybridized carbons (Fsp3) is 0.529. The van der Waals surface area contributed by atoms with Gasteiger partial charge in [-0.3, -0.25) is 9.69 Å². The molecule has 1 fully saturated rings. The summed E-state index contributed by atoms with van der Waals surface area (Å²) in [6.45, 7) is 6.29. The Morgan fingerprint density at radius 1 is 1.28 bits per heavy atom. The van der Waals surface area contributed by atoms with E-state index in [-0.39, 0.29) is 11.9 Å². The van der Waals surface area contributed by atoms with Gasteiger partial charge in [-0.05, 0) is 66.5 Å². The molecule has 8 heteroatoms. The van der Waals surface area contributed by atoms with Gasteiger partial charge in [0.25, 0.3) is 0 Å². The molecule has 7 nitrogen and oxygen atoms in total. The Bertz CT molecular complexity index is 821. The van der Waals surface area contributed by atoms with Crippen molar-refractivity contribution < 1.29 is 9.53 Å². The summed E-state index contributed by atoms with van der Waals surface area (Å²) in [5, 5.41) is 8.45. The molecule has 0 N–H and O–H groups in total. The largest absolute Gasteiger partial charge is 0.469 e. The van der Waals surface area contributed by atoms with E-state index in [2.05, 4.69) is 33.5 Å². The maximum Gasteiger partial charge on any atom is 0.308 e. The summed E-state index contributed by atoms with van der Waals surface area (Å²) in [7, 11) is 1.44. The Labute approximate surface area is 152 Å². The van der Waals surface area contributed by atoms with Crippen LogP contribution in [0.5, 0.6) is 0 Å². The van der Waals surface area contributed by atoms with Crippen LogP contribution in [0.2, 0.25) is 0 Å². The number of ether oxygens (including phenoxy) is 1. The second-order valence-corrected chi connectivity index (χ2v) is 6.88. The molecule has 0 radical (unpaired) electrons. The van der Waals surface area contributed by atoms with Crippen molar-refractivity contribution in [3.8, 4) is 5.69 Å². The minimum Gasteiger partial charge on any atom is -0.469 e. The summed E-state index contributed by atoms with van der Waals surface area (Å²) in [6, 6.07) is 6.19. The first-order valence-corrected chi connectivity index (χ1v) is 8.81. The van der Waals surface area contributed by atoms with Crippen LogP contribution in [-0.4, -0.2) is 50.9 Å². The Hall–Kier alpha value is -2.06. The number of rotatable bonds is 4. The highest BCUT2D eigenvalue weighted by Crippen LogP contribution is 2.19. The number of benzene rings is 1. The highest BCUT2D eigenvalue weighted by atomic mass is 32.1. The van der Waals surface area contributed by atoms with Crippen molar-refractivity contribution in [3.63, 3.8) is 0 Å². The molecule has 0 bridgehead atoms. The number of piperidine rings is 1. The predicted octanol–water partition coefficient (Wildman–Crippen LogP) is 2.26. The second-order valence-electron chi connectivity index (χ2n) is 6.52. The number of carbonyl (C=O) groups is 1. The van der Waals surface area contributed by atoms with Crippen LogP contribution in [0.1, 0.15) is 24.0 Å². The van der Waals surface area contributed by atoms with E-state index >= 15 is 0 Å². The first kappa shape index (κ1) is 17.8. The van der Waals surface area contributed by atoms with E-state index in [1.165, 1.54) is 7.11 Å². The molecule has 1 aliphatic rings. The van der Waals surface area contributed by atoms with Crippen molar-refractivity contribution in [2.75, 3.05) is 20.2 Å². The number of hydrogen-bond acceptors (Lipinski definition) is 6. The predicted molar refractivity (Wildman–Crippen MR) is 96.0 cm³/mol. The molecule has 1 saturated heterocycles. The summed E-state index contributed by atoms with van der Waals surface area (Å²) in [5.41, 5.74) is 3.22. The van der Waals surface area contributed by atoms with Crippen LogP contribution in [0.15, 0.2) is 18.2 Å². The highest BCUT2D eigenvalue weighted by molar-refractivity contribution is 7.71. The maximum atomic E-state index is 11.6. The number of carbonyl (C=O) groups excluding carboxylic acids is 1. The van der Waals surface area contributed by atoms with Crippen molar-refractivity contribution in [3.05, 3.63) is 34.1 Å². The SMILES string of the molecule is COC(=O)C1CCN(Cn2nnn(-c3cc(C)ccc3C)c2=S)CC1. The van der Waals surface area contributed by atoms with Crippen molar-refractivity contribution >= 4 is 18.2 Å². The third kappa shape index (κ3) is 3.80. The molecule has 0 unspecified atom stereocenters. The van der Waals surface area contributed by atoms with Gasteiger partial charge in [0.15, 0.2) is 0 Å². The van der Waals surface area contributed by atoms with E-state index in [0.717, 1.165) is 42.7 Å². The standard InChI is InChI=1S/C17H23N5O2S/c1-12-4-5-13(2)15(10-12)22-17(25)21(18-19-22)11-20-8-6-14(7-9-20)16(23)24-3/h4-5,10,14H,6-9,11H2,1-3H3. The molecule has 134 valence electrons.